The van der Waals surface area contributed by atoms with Crippen molar-refractivity contribution in [3.05, 3.63) is 82.8 Å². The number of aromatic nitrogens is 2. The number of para-hydroxylation sites is 1. The standard InChI is InChI=1S/C38H45N7O6/c1-25-13-16-31(33(22-25)51-21-8-7-10-27(24-46)45-19-17-43(4)18-20-45)44(5)37(48)26-14-15-29(32(23-26)50-6)40-36(47)28-11-9-12-30-34(28)41-35(39-30)38(49)42(2)3/h9,11-16,22-23H,7-8,10,17-21H2,1-6H3,(H,39,41)(H,40,47). The predicted molar refractivity (Wildman–Crippen MR) is 197 cm³/mol. The number of benzene rings is 3. The Morgan fingerprint density at radius 1 is 0.961 bits per heavy atom. The van der Waals surface area contributed by atoms with Gasteiger partial charge in [-0.3, -0.25) is 14.4 Å². The molecule has 1 aromatic heterocycles. The minimum atomic E-state index is -0.443. The molecular weight excluding hydrogens is 650 g/mol. The van der Waals surface area contributed by atoms with Crippen molar-refractivity contribution in [2.75, 3.05) is 78.3 Å². The van der Waals surface area contributed by atoms with Crippen LogP contribution in [0, 0.1) is 6.92 Å². The lowest BCUT2D eigenvalue weighted by Crippen LogP contribution is -2.44. The molecule has 0 unspecified atom stereocenters. The quantitative estimate of drug-likeness (QED) is 0.151. The summed E-state index contributed by atoms with van der Waals surface area (Å²) in [6.45, 7) is 5.91. The fourth-order valence-corrected chi connectivity index (χ4v) is 5.89. The number of likely N-dealkylation sites (N-methyl/N-ethyl adjacent to an activating group) is 1. The zero-order valence-corrected chi connectivity index (χ0v) is 30.0. The molecule has 4 aromatic rings. The monoisotopic (exact) mass is 695 g/mol. The third kappa shape index (κ3) is 8.57. The number of H-pyrrole nitrogens is 1. The summed E-state index contributed by atoms with van der Waals surface area (Å²) in [6, 6.07) is 15.5. The van der Waals surface area contributed by atoms with Crippen molar-refractivity contribution in [2.24, 2.45) is 0 Å². The van der Waals surface area contributed by atoms with Gasteiger partial charge in [-0.1, -0.05) is 12.1 Å². The molecule has 5 rings (SSSR count). The van der Waals surface area contributed by atoms with Crippen LogP contribution in [-0.2, 0) is 4.79 Å². The highest BCUT2D eigenvalue weighted by atomic mass is 16.5. The molecule has 0 bridgehead atoms. The van der Waals surface area contributed by atoms with Crippen LogP contribution in [0.25, 0.3) is 11.0 Å². The van der Waals surface area contributed by atoms with Gasteiger partial charge in [-0.15, -0.1) is 0 Å². The summed E-state index contributed by atoms with van der Waals surface area (Å²) in [5.74, 6) is 2.09. The number of allylic oxidation sites excluding steroid dienone is 1. The van der Waals surface area contributed by atoms with Crippen LogP contribution in [0.3, 0.4) is 0 Å². The molecule has 3 aromatic carbocycles. The lowest BCUT2D eigenvalue weighted by atomic mass is 10.1. The molecule has 0 spiro atoms. The molecular formula is C38H45N7O6. The van der Waals surface area contributed by atoms with Gasteiger partial charge in [-0.25, -0.2) is 9.78 Å². The number of unbranched alkanes of at least 4 members (excludes halogenated alkanes) is 1. The highest BCUT2D eigenvalue weighted by Crippen LogP contribution is 2.32. The second-order valence-corrected chi connectivity index (χ2v) is 12.8. The summed E-state index contributed by atoms with van der Waals surface area (Å²) in [6.07, 6.45) is 2.16. The van der Waals surface area contributed by atoms with E-state index in [1.54, 1.807) is 57.5 Å². The first-order valence-electron chi connectivity index (χ1n) is 16.9. The molecule has 2 N–H and O–H groups in total. The molecule has 3 amide bonds. The Bertz CT molecular complexity index is 1960. The molecule has 1 saturated heterocycles. The van der Waals surface area contributed by atoms with Gasteiger partial charge in [0.15, 0.2) is 5.82 Å². The number of rotatable bonds is 13. The molecule has 268 valence electrons. The van der Waals surface area contributed by atoms with Crippen LogP contribution in [-0.4, -0.2) is 116 Å². The second-order valence-electron chi connectivity index (χ2n) is 12.8. The molecule has 0 atom stereocenters. The summed E-state index contributed by atoms with van der Waals surface area (Å²) >= 11 is 0. The number of aromatic amines is 1. The fourth-order valence-electron chi connectivity index (χ4n) is 5.89. The van der Waals surface area contributed by atoms with E-state index in [0.29, 0.717) is 63.8 Å². The number of anilines is 2. The minimum absolute atomic E-state index is 0.129. The van der Waals surface area contributed by atoms with Gasteiger partial charge in [0.25, 0.3) is 17.7 Å². The maximum Gasteiger partial charge on any atom is 0.289 e. The maximum atomic E-state index is 13.8. The average Bonchev–Trinajstić information content (AvgIpc) is 3.57. The molecule has 51 heavy (non-hydrogen) atoms. The van der Waals surface area contributed by atoms with Crippen molar-refractivity contribution >= 4 is 46.1 Å². The number of piperazine rings is 1. The molecule has 2 heterocycles. The molecule has 1 aliphatic heterocycles. The van der Waals surface area contributed by atoms with E-state index in [2.05, 4.69) is 38.1 Å². The minimum Gasteiger partial charge on any atom is -0.495 e. The van der Waals surface area contributed by atoms with Gasteiger partial charge in [-0.05, 0) is 81.3 Å². The first kappa shape index (κ1) is 36.6. The zero-order chi connectivity index (χ0) is 36.7. The van der Waals surface area contributed by atoms with Gasteiger partial charge in [-0.2, -0.15) is 0 Å². The summed E-state index contributed by atoms with van der Waals surface area (Å²) in [5.41, 5.74) is 4.22. The van der Waals surface area contributed by atoms with Crippen molar-refractivity contribution in [1.29, 1.82) is 0 Å². The van der Waals surface area contributed by atoms with Gasteiger partial charge >= 0.3 is 0 Å². The SMILES string of the molecule is COc1cc(C(=O)N(C)c2ccc(C)cc2OCCCCC(=C=O)N2CCN(C)CC2)ccc1NC(=O)c1cccc2nc(C(=O)N(C)C)[nH]c12. The Balaban J connectivity index is 1.24. The summed E-state index contributed by atoms with van der Waals surface area (Å²) in [7, 11) is 8.47. The van der Waals surface area contributed by atoms with Crippen molar-refractivity contribution in [1.82, 2.24) is 24.7 Å². The number of hydrogen-bond acceptors (Lipinski definition) is 9. The van der Waals surface area contributed by atoms with Gasteiger partial charge in [0, 0.05) is 52.9 Å². The number of aryl methyl sites for hydroxylation is 1. The van der Waals surface area contributed by atoms with E-state index in [-0.39, 0.29) is 17.6 Å². The van der Waals surface area contributed by atoms with Gasteiger partial charge in [0.1, 0.15) is 17.4 Å². The van der Waals surface area contributed by atoms with Crippen LogP contribution in [0.1, 0.15) is 56.2 Å². The van der Waals surface area contributed by atoms with E-state index in [9.17, 15) is 19.2 Å². The van der Waals surface area contributed by atoms with Gasteiger partial charge in [0.2, 0.25) is 0 Å². The second kappa shape index (κ2) is 16.4. The largest absolute Gasteiger partial charge is 0.495 e. The van der Waals surface area contributed by atoms with Crippen molar-refractivity contribution in [3.8, 4) is 11.5 Å². The normalized spacial score (nSPS) is 13.0. The van der Waals surface area contributed by atoms with Crippen molar-refractivity contribution < 1.29 is 28.7 Å². The lowest BCUT2D eigenvalue weighted by Gasteiger charge is -2.34. The number of nitrogens with zero attached hydrogens (tertiary/aromatic N) is 5. The van der Waals surface area contributed by atoms with E-state index in [1.165, 1.54) is 16.9 Å². The lowest BCUT2D eigenvalue weighted by molar-refractivity contribution is 0.0816. The number of methoxy groups -OCH3 is 1. The average molecular weight is 696 g/mol. The Morgan fingerprint density at radius 3 is 2.43 bits per heavy atom. The molecule has 0 radical (unpaired) electrons. The number of ether oxygens (including phenoxy) is 2. The number of nitrogens with one attached hydrogen (secondary N) is 2. The number of carbonyl (C=O) groups is 3. The highest BCUT2D eigenvalue weighted by Gasteiger charge is 2.22. The van der Waals surface area contributed by atoms with E-state index < -0.39 is 5.91 Å². The third-order valence-electron chi connectivity index (χ3n) is 8.92. The highest BCUT2D eigenvalue weighted by molar-refractivity contribution is 6.13. The van der Waals surface area contributed by atoms with Crippen LogP contribution in [0.15, 0.2) is 60.3 Å². The van der Waals surface area contributed by atoms with Crippen LogP contribution in [0.5, 0.6) is 11.5 Å². The Morgan fingerprint density at radius 2 is 1.73 bits per heavy atom. The van der Waals surface area contributed by atoms with E-state index in [1.807, 2.05) is 25.1 Å². The van der Waals surface area contributed by atoms with Gasteiger partial charge < -0.3 is 39.4 Å². The van der Waals surface area contributed by atoms with Crippen molar-refractivity contribution in [3.63, 3.8) is 0 Å². The van der Waals surface area contributed by atoms with Gasteiger partial charge in [0.05, 0.1) is 47.4 Å². The number of imidazole rings is 1. The van der Waals surface area contributed by atoms with E-state index >= 15 is 0 Å². The Labute approximate surface area is 297 Å². The van der Waals surface area contributed by atoms with E-state index in [0.717, 1.165) is 44.6 Å². The molecule has 1 fully saturated rings. The number of hydrogen-bond donors (Lipinski definition) is 2. The summed E-state index contributed by atoms with van der Waals surface area (Å²) < 4.78 is 11.8. The smallest absolute Gasteiger partial charge is 0.289 e. The predicted octanol–water partition coefficient (Wildman–Crippen LogP) is 4.62. The molecule has 0 aliphatic carbocycles. The zero-order valence-electron chi connectivity index (χ0n) is 30.0. The molecule has 13 nitrogen and oxygen atoms in total. The Hall–Kier alpha value is -5.65. The number of amides is 3. The summed E-state index contributed by atoms with van der Waals surface area (Å²) in [4.78, 5) is 65.8. The number of carbonyl (C=O) groups excluding carboxylic acids is 4. The topological polar surface area (TPSA) is 140 Å². The Kier molecular flexibility index (Phi) is 11.8. The maximum absolute atomic E-state index is 13.8. The summed E-state index contributed by atoms with van der Waals surface area (Å²) in [5, 5.41) is 2.86. The van der Waals surface area contributed by atoms with Crippen LogP contribution in [0.2, 0.25) is 0 Å². The van der Waals surface area contributed by atoms with Crippen LogP contribution < -0.4 is 19.7 Å². The van der Waals surface area contributed by atoms with Crippen LogP contribution in [0.4, 0.5) is 11.4 Å². The molecule has 0 saturated carbocycles. The first-order valence-corrected chi connectivity index (χ1v) is 16.9. The third-order valence-corrected chi connectivity index (χ3v) is 8.92. The molecule has 1 aliphatic rings. The van der Waals surface area contributed by atoms with E-state index in [4.69, 9.17) is 9.47 Å². The van der Waals surface area contributed by atoms with Crippen molar-refractivity contribution in [2.45, 2.75) is 26.2 Å². The fraction of sp³-hybridized carbons (Fsp3) is 0.368. The molecule has 13 heteroatoms. The first-order chi connectivity index (χ1) is 24.5. The number of fused-ring (bicyclic) bond motifs is 1. The van der Waals surface area contributed by atoms with Crippen LogP contribution >= 0.6 is 0 Å².